The third-order valence-corrected chi connectivity index (χ3v) is 7.17. The Morgan fingerprint density at radius 1 is 1.03 bits per heavy atom. The summed E-state index contributed by atoms with van der Waals surface area (Å²) in [6.45, 7) is 0.601. The number of piperidine rings is 1. The fraction of sp³-hybridized carbons (Fsp3) is 0.227. The van der Waals surface area contributed by atoms with Gasteiger partial charge in [0.2, 0.25) is 0 Å². The third kappa shape index (κ3) is 4.37. The number of fused-ring (bicyclic) bond motifs is 1. The van der Waals surface area contributed by atoms with Gasteiger partial charge in [0.15, 0.2) is 5.65 Å². The maximum Gasteiger partial charge on any atom is 0.299 e. The van der Waals surface area contributed by atoms with E-state index in [0.29, 0.717) is 41.3 Å². The lowest BCUT2D eigenvalue weighted by Gasteiger charge is -2.30. The number of benzene rings is 2. The molecule has 0 saturated carbocycles. The highest BCUT2D eigenvalue weighted by molar-refractivity contribution is 8.11. The van der Waals surface area contributed by atoms with Gasteiger partial charge in [0.1, 0.15) is 29.3 Å². The highest BCUT2D eigenvalue weighted by Gasteiger charge is 2.31. The zero-order valence-electron chi connectivity index (χ0n) is 17.5. The van der Waals surface area contributed by atoms with E-state index in [2.05, 4.69) is 9.97 Å². The van der Waals surface area contributed by atoms with E-state index >= 15 is 0 Å². The molecule has 170 valence electrons. The molecule has 5 rings (SSSR count). The number of aromatic nitrogens is 4. The van der Waals surface area contributed by atoms with Gasteiger partial charge in [-0.2, -0.15) is 17.8 Å². The van der Waals surface area contributed by atoms with Crippen LogP contribution in [0.3, 0.4) is 0 Å². The minimum atomic E-state index is -3.81. The molecule has 3 heterocycles. The Balaban J connectivity index is 1.51. The van der Waals surface area contributed by atoms with Crippen LogP contribution in [-0.2, 0) is 9.24 Å². The first kappa shape index (κ1) is 21.6. The smallest absolute Gasteiger partial charge is 0.299 e. The summed E-state index contributed by atoms with van der Waals surface area (Å²) in [5.41, 5.74) is 8.21. The van der Waals surface area contributed by atoms with E-state index < -0.39 is 9.24 Å². The van der Waals surface area contributed by atoms with Crippen LogP contribution >= 0.6 is 10.7 Å². The van der Waals surface area contributed by atoms with Crippen LogP contribution < -0.4 is 10.5 Å². The molecule has 0 unspecified atom stereocenters. The van der Waals surface area contributed by atoms with Crippen LogP contribution in [0, 0.1) is 0 Å². The maximum atomic E-state index is 11.9. The van der Waals surface area contributed by atoms with Crippen LogP contribution in [-0.4, -0.2) is 45.6 Å². The largest absolute Gasteiger partial charge is 0.457 e. The average molecular weight is 485 g/mol. The van der Waals surface area contributed by atoms with E-state index in [1.807, 2.05) is 54.6 Å². The van der Waals surface area contributed by atoms with Crippen LogP contribution in [0.15, 0.2) is 60.9 Å². The van der Waals surface area contributed by atoms with Gasteiger partial charge in [-0.15, -0.1) is 0 Å². The number of nitrogen functional groups attached to an aromatic ring is 1. The van der Waals surface area contributed by atoms with Gasteiger partial charge in [-0.3, -0.25) is 0 Å². The summed E-state index contributed by atoms with van der Waals surface area (Å²) in [6, 6.07) is 16.8. The number of anilines is 1. The zero-order chi connectivity index (χ0) is 23.0. The fourth-order valence-corrected chi connectivity index (χ4v) is 5.15. The summed E-state index contributed by atoms with van der Waals surface area (Å²) in [7, 11) is 1.78. The second-order valence-corrected chi connectivity index (χ2v) is 10.3. The van der Waals surface area contributed by atoms with Crippen LogP contribution in [0.25, 0.3) is 22.3 Å². The van der Waals surface area contributed by atoms with Crippen molar-refractivity contribution >= 4 is 36.8 Å². The molecule has 2 N–H and O–H groups in total. The van der Waals surface area contributed by atoms with Crippen molar-refractivity contribution < 1.29 is 13.2 Å². The van der Waals surface area contributed by atoms with Gasteiger partial charge in [0, 0.05) is 29.3 Å². The summed E-state index contributed by atoms with van der Waals surface area (Å²) in [5, 5.41) is 5.43. The van der Waals surface area contributed by atoms with E-state index in [0.717, 1.165) is 17.7 Å². The number of rotatable bonds is 5. The van der Waals surface area contributed by atoms with Crippen molar-refractivity contribution in [2.24, 2.45) is 0 Å². The fourth-order valence-electron chi connectivity index (χ4n) is 4.08. The molecule has 4 aromatic rings. The van der Waals surface area contributed by atoms with Crippen molar-refractivity contribution in [3.05, 3.63) is 60.9 Å². The lowest BCUT2D eigenvalue weighted by Crippen LogP contribution is -2.38. The molecule has 1 saturated heterocycles. The Morgan fingerprint density at radius 2 is 1.76 bits per heavy atom. The van der Waals surface area contributed by atoms with Crippen molar-refractivity contribution in [1.29, 1.82) is 0 Å². The molecular formula is C22H21ClN6O3S. The van der Waals surface area contributed by atoms with Crippen molar-refractivity contribution in [3.8, 4) is 22.8 Å². The summed E-state index contributed by atoms with van der Waals surface area (Å²) in [6.07, 6.45) is 2.79. The minimum absolute atomic E-state index is 0.218. The molecule has 1 aliphatic rings. The Kier molecular flexibility index (Phi) is 5.65. The van der Waals surface area contributed by atoms with Gasteiger partial charge in [-0.25, -0.2) is 14.6 Å². The summed E-state index contributed by atoms with van der Waals surface area (Å²) in [4.78, 5) is 8.55. The van der Waals surface area contributed by atoms with Crippen LogP contribution in [0.5, 0.6) is 11.5 Å². The molecule has 1 aliphatic heterocycles. The number of halogens is 1. The molecule has 0 radical (unpaired) electrons. The van der Waals surface area contributed by atoms with E-state index in [-0.39, 0.29) is 12.6 Å². The lowest BCUT2D eigenvalue weighted by atomic mass is 10.1. The molecule has 0 spiro atoms. The molecular weight excluding hydrogens is 464 g/mol. The molecule has 1 fully saturated rings. The summed E-state index contributed by atoms with van der Waals surface area (Å²) in [5.74, 6) is 1.74. The molecule has 0 bridgehead atoms. The lowest BCUT2D eigenvalue weighted by molar-refractivity contribution is 0.261. The van der Waals surface area contributed by atoms with Crippen molar-refractivity contribution in [2.75, 3.05) is 18.8 Å². The predicted molar refractivity (Wildman–Crippen MR) is 126 cm³/mol. The van der Waals surface area contributed by atoms with E-state index in [1.54, 1.807) is 4.68 Å². The normalized spacial score (nSPS) is 17.3. The SMILES string of the molecule is Nc1ncnc2c1c(-c1ccc(Oc3ccccc3)cc1)nn2[C@@H]1CCCN(S(=O)(=O)Cl)C1. The number of ether oxygens (including phenoxy) is 1. The standard InChI is InChI=1S/C22H21ClN6O3S/c23-33(30,31)28-12-4-5-16(13-28)29-22-19(21(24)25-14-26-22)20(27-29)15-8-10-18(11-9-15)32-17-6-2-1-3-7-17/h1-3,6-11,14,16H,4-5,12-13H2,(H2,24,25,26)/t16-/m1/s1. The van der Waals surface area contributed by atoms with Gasteiger partial charge in [-0.1, -0.05) is 18.2 Å². The summed E-state index contributed by atoms with van der Waals surface area (Å²) >= 11 is 0. The monoisotopic (exact) mass is 484 g/mol. The second-order valence-electron chi connectivity index (χ2n) is 7.79. The second kappa shape index (κ2) is 8.62. The average Bonchev–Trinajstić information content (AvgIpc) is 3.21. The molecule has 1 atom stereocenters. The molecule has 9 nitrogen and oxygen atoms in total. The van der Waals surface area contributed by atoms with Crippen molar-refractivity contribution in [2.45, 2.75) is 18.9 Å². The van der Waals surface area contributed by atoms with Crippen molar-refractivity contribution in [3.63, 3.8) is 0 Å². The highest BCUT2D eigenvalue weighted by atomic mass is 35.7. The molecule has 11 heteroatoms. The van der Waals surface area contributed by atoms with Crippen molar-refractivity contribution in [1.82, 2.24) is 24.1 Å². The van der Waals surface area contributed by atoms with Gasteiger partial charge in [0.05, 0.1) is 11.4 Å². The van der Waals surface area contributed by atoms with Gasteiger partial charge in [-0.05, 0) is 49.2 Å². The van der Waals surface area contributed by atoms with E-state index in [4.69, 9.17) is 26.3 Å². The van der Waals surface area contributed by atoms with Gasteiger partial charge >= 0.3 is 0 Å². The zero-order valence-corrected chi connectivity index (χ0v) is 19.1. The molecule has 2 aromatic heterocycles. The quantitative estimate of drug-likeness (QED) is 0.425. The minimum Gasteiger partial charge on any atom is -0.457 e. The molecule has 33 heavy (non-hydrogen) atoms. The topological polar surface area (TPSA) is 116 Å². The maximum absolute atomic E-state index is 11.9. The van der Waals surface area contributed by atoms with Crippen LogP contribution in [0.1, 0.15) is 18.9 Å². The Bertz CT molecular complexity index is 1390. The molecule has 2 aromatic carbocycles. The first-order valence-corrected chi connectivity index (χ1v) is 12.7. The Labute approximate surface area is 195 Å². The van der Waals surface area contributed by atoms with Crippen LogP contribution in [0.2, 0.25) is 0 Å². The highest BCUT2D eigenvalue weighted by Crippen LogP contribution is 2.35. The Hall–Kier alpha value is -3.21. The first-order valence-electron chi connectivity index (χ1n) is 10.4. The third-order valence-electron chi connectivity index (χ3n) is 5.64. The van der Waals surface area contributed by atoms with Crippen LogP contribution in [0.4, 0.5) is 5.82 Å². The predicted octanol–water partition coefficient (Wildman–Crippen LogP) is 3.99. The Morgan fingerprint density at radius 3 is 2.48 bits per heavy atom. The van der Waals surface area contributed by atoms with E-state index in [9.17, 15) is 8.42 Å². The number of nitrogens with zero attached hydrogens (tertiary/aromatic N) is 5. The number of nitrogens with two attached hydrogens (primary N) is 1. The summed E-state index contributed by atoms with van der Waals surface area (Å²) < 4.78 is 32.6. The van der Waals surface area contributed by atoms with Gasteiger partial charge < -0.3 is 10.5 Å². The molecule has 0 aliphatic carbocycles. The number of para-hydroxylation sites is 1. The number of hydrogen-bond acceptors (Lipinski definition) is 7. The molecule has 0 amide bonds. The van der Waals surface area contributed by atoms with E-state index in [1.165, 1.54) is 10.6 Å². The first-order chi connectivity index (χ1) is 15.9. The van der Waals surface area contributed by atoms with Gasteiger partial charge in [0.25, 0.3) is 9.24 Å². The number of hydrogen-bond donors (Lipinski definition) is 1.